The Hall–Kier alpha value is -0.0400. The third kappa shape index (κ3) is 0.455. The quantitative estimate of drug-likeness (QED) is 0.452. The summed E-state index contributed by atoms with van der Waals surface area (Å²) in [4.78, 5) is 2.60. The average molecular weight is 111 g/mol. The Morgan fingerprint density at radius 2 is 1.88 bits per heavy atom. The Kier molecular flexibility index (Phi) is 0.884. The third-order valence-corrected chi connectivity index (χ3v) is 2.83. The van der Waals surface area contributed by atoms with Crippen LogP contribution in [0.2, 0.25) is 0 Å². The van der Waals surface area contributed by atoms with Gasteiger partial charge >= 0.3 is 0 Å². The lowest BCUT2D eigenvalue weighted by molar-refractivity contribution is 0.315. The van der Waals surface area contributed by atoms with Gasteiger partial charge in [-0.2, -0.15) is 0 Å². The van der Waals surface area contributed by atoms with Gasteiger partial charge in [0.2, 0.25) is 0 Å². The van der Waals surface area contributed by atoms with Crippen molar-refractivity contribution in [3.63, 3.8) is 0 Å². The molecule has 8 heavy (non-hydrogen) atoms. The van der Waals surface area contributed by atoms with Gasteiger partial charge in [0.05, 0.1) is 0 Å². The van der Waals surface area contributed by atoms with Crippen molar-refractivity contribution in [2.75, 3.05) is 13.1 Å². The monoisotopic (exact) mass is 111 g/mol. The highest BCUT2D eigenvalue weighted by molar-refractivity contribution is 4.90. The Labute approximate surface area is 50.7 Å². The zero-order valence-electron chi connectivity index (χ0n) is 5.43. The molecule has 0 spiro atoms. The molecule has 0 radical (unpaired) electrons. The fourth-order valence-electron chi connectivity index (χ4n) is 2.11. The molecule has 1 atom stereocenters. The van der Waals surface area contributed by atoms with E-state index in [1.165, 1.54) is 25.9 Å². The summed E-state index contributed by atoms with van der Waals surface area (Å²) in [6.45, 7) is 5.13. The van der Waals surface area contributed by atoms with Crippen molar-refractivity contribution < 1.29 is 0 Å². The van der Waals surface area contributed by atoms with E-state index in [4.69, 9.17) is 0 Å². The van der Waals surface area contributed by atoms with E-state index in [-0.39, 0.29) is 0 Å². The molecule has 0 unspecified atom stereocenters. The van der Waals surface area contributed by atoms with E-state index in [1.54, 1.807) is 0 Å². The van der Waals surface area contributed by atoms with Crippen LogP contribution in [0.1, 0.15) is 19.8 Å². The van der Waals surface area contributed by atoms with Gasteiger partial charge in [0, 0.05) is 6.04 Å². The van der Waals surface area contributed by atoms with Crippen LogP contribution < -0.4 is 0 Å². The number of rotatable bonds is 0. The van der Waals surface area contributed by atoms with E-state index >= 15 is 0 Å². The summed E-state index contributed by atoms with van der Waals surface area (Å²) >= 11 is 0. The van der Waals surface area contributed by atoms with Gasteiger partial charge < -0.3 is 4.90 Å². The maximum absolute atomic E-state index is 2.60. The number of piperidine rings is 1. The SMILES string of the molecule is C[C@H]1C2CCN1CC2. The Morgan fingerprint density at radius 1 is 1.25 bits per heavy atom. The second-order valence-corrected chi connectivity index (χ2v) is 3.11. The van der Waals surface area contributed by atoms with Gasteiger partial charge in [-0.05, 0) is 38.8 Å². The van der Waals surface area contributed by atoms with Crippen LogP contribution in [-0.4, -0.2) is 24.0 Å². The van der Waals surface area contributed by atoms with Crippen molar-refractivity contribution in [3.8, 4) is 0 Å². The molecule has 2 fully saturated rings. The van der Waals surface area contributed by atoms with Gasteiger partial charge in [-0.3, -0.25) is 0 Å². The molecule has 0 aromatic rings. The zero-order chi connectivity index (χ0) is 5.56. The average Bonchev–Trinajstić information content (AvgIpc) is 2.29. The predicted molar refractivity (Wildman–Crippen MR) is 33.8 cm³/mol. The first-order chi connectivity index (χ1) is 3.88. The maximum Gasteiger partial charge on any atom is 0.00961 e. The van der Waals surface area contributed by atoms with Crippen molar-refractivity contribution in [1.29, 1.82) is 0 Å². The zero-order valence-corrected chi connectivity index (χ0v) is 5.43. The second-order valence-electron chi connectivity index (χ2n) is 3.11. The van der Waals surface area contributed by atoms with Crippen molar-refractivity contribution >= 4 is 0 Å². The van der Waals surface area contributed by atoms with Crippen LogP contribution in [0, 0.1) is 5.92 Å². The van der Waals surface area contributed by atoms with E-state index in [1.807, 2.05) is 0 Å². The van der Waals surface area contributed by atoms with Crippen molar-refractivity contribution in [1.82, 2.24) is 4.90 Å². The Balaban J connectivity index is 2.16. The molecule has 0 aromatic heterocycles. The molecule has 2 bridgehead atoms. The van der Waals surface area contributed by atoms with Gasteiger partial charge in [-0.25, -0.2) is 0 Å². The fraction of sp³-hybridized carbons (Fsp3) is 1.00. The first-order valence-electron chi connectivity index (χ1n) is 3.62. The van der Waals surface area contributed by atoms with Crippen LogP contribution >= 0.6 is 0 Å². The van der Waals surface area contributed by atoms with Crippen LogP contribution in [0.25, 0.3) is 0 Å². The Morgan fingerprint density at radius 3 is 2.00 bits per heavy atom. The summed E-state index contributed by atoms with van der Waals surface area (Å²) in [7, 11) is 0. The highest BCUT2D eigenvalue weighted by Gasteiger charge is 2.35. The maximum atomic E-state index is 2.60. The van der Waals surface area contributed by atoms with Crippen molar-refractivity contribution in [2.45, 2.75) is 25.8 Å². The number of nitrogens with zero attached hydrogens (tertiary/aromatic N) is 1. The van der Waals surface area contributed by atoms with Crippen molar-refractivity contribution in [3.05, 3.63) is 0 Å². The lowest BCUT2D eigenvalue weighted by Crippen LogP contribution is -2.22. The summed E-state index contributed by atoms with van der Waals surface area (Å²) in [5.41, 5.74) is 0. The molecule has 0 aromatic carbocycles. The molecular weight excluding hydrogens is 98.1 g/mol. The van der Waals surface area contributed by atoms with Crippen LogP contribution in [-0.2, 0) is 0 Å². The van der Waals surface area contributed by atoms with Gasteiger partial charge in [0.25, 0.3) is 0 Å². The Bertz CT molecular complexity index is 80.6. The standard InChI is InChI=1S/C7H13N/c1-6-7-2-4-8(6)5-3-7/h6-7H,2-5H2,1H3/t6-/m0/s1. The molecule has 0 N–H and O–H groups in total. The minimum Gasteiger partial charge on any atom is -0.300 e. The molecule has 2 heterocycles. The minimum atomic E-state index is 0.926. The molecule has 0 amide bonds. The van der Waals surface area contributed by atoms with Crippen molar-refractivity contribution in [2.24, 2.45) is 5.92 Å². The third-order valence-electron chi connectivity index (χ3n) is 2.83. The molecule has 2 rings (SSSR count). The number of hydrogen-bond donors (Lipinski definition) is 0. The van der Waals surface area contributed by atoms with Gasteiger partial charge in [-0.15, -0.1) is 0 Å². The highest BCUT2D eigenvalue weighted by Crippen LogP contribution is 2.33. The molecule has 0 aliphatic carbocycles. The van der Waals surface area contributed by atoms with Crippen LogP contribution in [0.5, 0.6) is 0 Å². The number of fused-ring (bicyclic) bond motifs is 2. The molecule has 0 saturated carbocycles. The van der Waals surface area contributed by atoms with Crippen LogP contribution in [0.15, 0.2) is 0 Å². The van der Waals surface area contributed by atoms with Gasteiger partial charge in [0.15, 0.2) is 0 Å². The fourth-order valence-corrected chi connectivity index (χ4v) is 2.11. The van der Waals surface area contributed by atoms with E-state index in [9.17, 15) is 0 Å². The van der Waals surface area contributed by atoms with Crippen LogP contribution in [0.4, 0.5) is 0 Å². The lowest BCUT2D eigenvalue weighted by atomic mass is 10.0. The molecule has 2 aliphatic heterocycles. The number of hydrogen-bond acceptors (Lipinski definition) is 1. The normalized spacial score (nSPS) is 52.9. The first kappa shape index (κ1) is 4.80. The summed E-state index contributed by atoms with van der Waals surface area (Å²) in [5, 5.41) is 0. The molecule has 2 saturated heterocycles. The molecule has 1 heteroatoms. The first-order valence-corrected chi connectivity index (χ1v) is 3.62. The highest BCUT2D eigenvalue weighted by atomic mass is 15.2. The van der Waals surface area contributed by atoms with E-state index in [2.05, 4.69) is 11.8 Å². The largest absolute Gasteiger partial charge is 0.300 e. The van der Waals surface area contributed by atoms with E-state index in [0.29, 0.717) is 0 Å². The van der Waals surface area contributed by atoms with E-state index in [0.717, 1.165) is 12.0 Å². The topological polar surface area (TPSA) is 3.24 Å². The minimum absolute atomic E-state index is 0.926. The van der Waals surface area contributed by atoms with Crippen LogP contribution in [0.3, 0.4) is 0 Å². The summed E-state index contributed by atoms with van der Waals surface area (Å²) in [6, 6.07) is 0.926. The smallest absolute Gasteiger partial charge is 0.00961 e. The lowest BCUT2D eigenvalue weighted by Gasteiger charge is -2.12. The molecule has 1 nitrogen and oxygen atoms in total. The molecule has 2 aliphatic rings. The van der Waals surface area contributed by atoms with Gasteiger partial charge in [-0.1, -0.05) is 0 Å². The van der Waals surface area contributed by atoms with E-state index < -0.39 is 0 Å². The summed E-state index contributed by atoms with van der Waals surface area (Å²) in [6.07, 6.45) is 2.95. The summed E-state index contributed by atoms with van der Waals surface area (Å²) < 4.78 is 0. The predicted octanol–water partition coefficient (Wildman–Crippen LogP) is 1.10. The summed E-state index contributed by atoms with van der Waals surface area (Å²) in [5.74, 6) is 1.06. The molecule has 46 valence electrons. The molecular formula is C7H13N. The van der Waals surface area contributed by atoms with Gasteiger partial charge in [0.1, 0.15) is 0 Å². The second kappa shape index (κ2) is 1.47.